The van der Waals surface area contributed by atoms with Gasteiger partial charge in [-0.2, -0.15) is 0 Å². The molecule has 1 atom stereocenters. The normalized spacial score (nSPS) is 18.0. The number of hydrogen-bond donors (Lipinski definition) is 2. The second kappa shape index (κ2) is 7.57. The predicted molar refractivity (Wildman–Crippen MR) is 91.5 cm³/mol. The summed E-state index contributed by atoms with van der Waals surface area (Å²) in [5.41, 5.74) is 2.09. The first-order valence-corrected chi connectivity index (χ1v) is 8.81. The van der Waals surface area contributed by atoms with Crippen molar-refractivity contribution in [2.45, 2.75) is 25.4 Å². The summed E-state index contributed by atoms with van der Waals surface area (Å²) < 4.78 is 0. The average molecular weight is 331 g/mol. The molecule has 6 heteroatoms. The van der Waals surface area contributed by atoms with Gasteiger partial charge in [0.2, 0.25) is 0 Å². The Morgan fingerprint density at radius 2 is 2.22 bits per heavy atom. The van der Waals surface area contributed by atoms with E-state index in [1.165, 1.54) is 0 Å². The number of β-amino-alcohol motifs (C(OH)–C–C–N with tert-alkyl or cyclic N) is 1. The minimum atomic E-state index is -0.387. The molecular weight excluding hydrogens is 310 g/mol. The second-order valence-electron chi connectivity index (χ2n) is 5.72. The zero-order chi connectivity index (χ0) is 16.1. The molecule has 1 aliphatic rings. The molecule has 122 valence electrons. The topological polar surface area (TPSA) is 65.5 Å². The van der Waals surface area contributed by atoms with E-state index < -0.39 is 0 Å². The number of hydrogen-bond acceptors (Lipinski definition) is 4. The summed E-state index contributed by atoms with van der Waals surface area (Å²) >= 11 is 1.62. The van der Waals surface area contributed by atoms with Crippen molar-refractivity contribution >= 4 is 17.4 Å². The maximum Gasteiger partial charge on any atom is 0.317 e. The van der Waals surface area contributed by atoms with Crippen molar-refractivity contribution in [1.82, 2.24) is 15.2 Å². The minimum Gasteiger partial charge on any atom is -0.391 e. The summed E-state index contributed by atoms with van der Waals surface area (Å²) in [6.45, 7) is 1.71. The molecule has 23 heavy (non-hydrogen) atoms. The van der Waals surface area contributed by atoms with E-state index in [0.29, 0.717) is 13.1 Å². The van der Waals surface area contributed by atoms with E-state index >= 15 is 0 Å². The second-order valence-corrected chi connectivity index (χ2v) is 6.66. The number of piperidine rings is 1. The van der Waals surface area contributed by atoms with E-state index in [1.54, 1.807) is 16.2 Å². The summed E-state index contributed by atoms with van der Waals surface area (Å²) in [7, 11) is 0. The molecule has 2 aromatic rings. The molecule has 0 saturated carbocycles. The number of thiazole rings is 1. The largest absolute Gasteiger partial charge is 0.391 e. The lowest BCUT2D eigenvalue weighted by Crippen LogP contribution is -2.47. The Kier molecular flexibility index (Phi) is 5.25. The molecule has 0 radical (unpaired) electrons. The molecule has 5 nitrogen and oxygen atoms in total. The number of likely N-dealkylation sites (tertiary alicyclic amines) is 1. The molecule has 1 aromatic heterocycles. The van der Waals surface area contributed by atoms with Crippen LogP contribution in [0.1, 0.15) is 17.8 Å². The molecule has 1 aromatic carbocycles. The monoisotopic (exact) mass is 331 g/mol. The van der Waals surface area contributed by atoms with E-state index in [2.05, 4.69) is 10.3 Å². The SMILES string of the molecule is O=C(NCCc1nc(-c2ccccc2)cs1)N1CCC[C@H](O)C1. The Morgan fingerprint density at radius 1 is 1.39 bits per heavy atom. The summed E-state index contributed by atoms with van der Waals surface area (Å²) in [4.78, 5) is 18.3. The third kappa shape index (κ3) is 4.30. The number of rotatable bonds is 4. The lowest BCUT2D eigenvalue weighted by atomic mass is 10.1. The van der Waals surface area contributed by atoms with Gasteiger partial charge in [0.15, 0.2) is 0 Å². The molecule has 2 N–H and O–H groups in total. The first-order valence-electron chi connectivity index (χ1n) is 7.93. The maximum atomic E-state index is 12.0. The smallest absolute Gasteiger partial charge is 0.317 e. The molecule has 1 saturated heterocycles. The molecule has 0 bridgehead atoms. The highest BCUT2D eigenvalue weighted by molar-refractivity contribution is 7.09. The van der Waals surface area contributed by atoms with Crippen LogP contribution in [0.15, 0.2) is 35.7 Å². The standard InChI is InChI=1S/C17H21N3O2S/c21-14-7-4-10-20(11-14)17(22)18-9-8-16-19-15(12-23-16)13-5-2-1-3-6-13/h1-3,5-6,12,14,21H,4,7-11H2,(H,18,22)/t14-/m0/s1. The Labute approximate surface area is 140 Å². The number of carbonyl (C=O) groups is 1. The number of nitrogens with one attached hydrogen (secondary N) is 1. The highest BCUT2D eigenvalue weighted by atomic mass is 32.1. The van der Waals surface area contributed by atoms with Crippen LogP contribution in [-0.2, 0) is 6.42 Å². The van der Waals surface area contributed by atoms with E-state index in [9.17, 15) is 9.90 Å². The Balaban J connectivity index is 1.47. The summed E-state index contributed by atoms with van der Waals surface area (Å²) in [5, 5.41) is 15.6. The van der Waals surface area contributed by atoms with E-state index in [4.69, 9.17) is 0 Å². The fourth-order valence-electron chi connectivity index (χ4n) is 2.69. The first kappa shape index (κ1) is 16.0. The maximum absolute atomic E-state index is 12.0. The summed E-state index contributed by atoms with van der Waals surface area (Å²) in [6.07, 6.45) is 1.98. The highest BCUT2D eigenvalue weighted by Gasteiger charge is 2.21. The van der Waals surface area contributed by atoms with Crippen LogP contribution in [0.2, 0.25) is 0 Å². The van der Waals surface area contributed by atoms with Crippen molar-refractivity contribution in [2.24, 2.45) is 0 Å². The fraction of sp³-hybridized carbons (Fsp3) is 0.412. The van der Waals surface area contributed by atoms with Crippen molar-refractivity contribution in [2.75, 3.05) is 19.6 Å². The van der Waals surface area contributed by atoms with Gasteiger partial charge in [0.25, 0.3) is 0 Å². The van der Waals surface area contributed by atoms with Crippen LogP contribution in [0.5, 0.6) is 0 Å². The van der Waals surface area contributed by atoms with Crippen LogP contribution in [0.4, 0.5) is 4.79 Å². The minimum absolute atomic E-state index is 0.0939. The zero-order valence-corrected chi connectivity index (χ0v) is 13.8. The molecule has 1 aliphatic heterocycles. The third-order valence-corrected chi connectivity index (χ3v) is 4.83. The summed E-state index contributed by atoms with van der Waals surface area (Å²) in [5.74, 6) is 0. The molecule has 3 rings (SSSR count). The summed E-state index contributed by atoms with van der Waals surface area (Å²) in [6, 6.07) is 9.99. The van der Waals surface area contributed by atoms with Gasteiger partial charge in [-0.3, -0.25) is 0 Å². The van der Waals surface area contributed by atoms with Gasteiger partial charge in [0, 0.05) is 37.0 Å². The van der Waals surface area contributed by atoms with Crippen molar-refractivity contribution in [3.05, 3.63) is 40.7 Å². The van der Waals surface area contributed by atoms with Gasteiger partial charge in [-0.1, -0.05) is 30.3 Å². The van der Waals surface area contributed by atoms with Gasteiger partial charge in [0.1, 0.15) is 0 Å². The number of amides is 2. The number of aromatic nitrogens is 1. The van der Waals surface area contributed by atoms with Crippen LogP contribution in [0.3, 0.4) is 0 Å². The van der Waals surface area contributed by atoms with Crippen LogP contribution >= 0.6 is 11.3 Å². The molecule has 0 spiro atoms. The molecular formula is C17H21N3O2S. The number of urea groups is 1. The van der Waals surface area contributed by atoms with E-state index in [-0.39, 0.29) is 12.1 Å². The van der Waals surface area contributed by atoms with Crippen molar-refractivity contribution < 1.29 is 9.90 Å². The quantitative estimate of drug-likeness (QED) is 0.905. The van der Waals surface area contributed by atoms with E-state index in [1.807, 2.05) is 35.7 Å². The van der Waals surface area contributed by atoms with Gasteiger partial charge in [-0.15, -0.1) is 11.3 Å². The highest BCUT2D eigenvalue weighted by Crippen LogP contribution is 2.21. The fourth-order valence-corrected chi connectivity index (χ4v) is 3.50. The lowest BCUT2D eigenvalue weighted by molar-refractivity contribution is 0.0843. The number of aliphatic hydroxyl groups excluding tert-OH is 1. The van der Waals surface area contributed by atoms with Gasteiger partial charge in [0.05, 0.1) is 16.8 Å². The van der Waals surface area contributed by atoms with Crippen molar-refractivity contribution in [3.8, 4) is 11.3 Å². The Hall–Kier alpha value is -1.92. The number of aliphatic hydroxyl groups is 1. The van der Waals surface area contributed by atoms with Gasteiger partial charge < -0.3 is 15.3 Å². The number of carbonyl (C=O) groups excluding carboxylic acids is 1. The lowest BCUT2D eigenvalue weighted by Gasteiger charge is -2.30. The Morgan fingerprint density at radius 3 is 3.00 bits per heavy atom. The van der Waals surface area contributed by atoms with Crippen LogP contribution < -0.4 is 5.32 Å². The molecule has 1 fully saturated rings. The molecule has 0 aliphatic carbocycles. The van der Waals surface area contributed by atoms with Crippen molar-refractivity contribution in [1.29, 1.82) is 0 Å². The third-order valence-electron chi connectivity index (χ3n) is 3.92. The van der Waals surface area contributed by atoms with Gasteiger partial charge in [-0.05, 0) is 12.8 Å². The number of nitrogens with zero attached hydrogens (tertiary/aromatic N) is 2. The molecule has 0 unspecified atom stereocenters. The Bertz CT molecular complexity index is 644. The molecule has 2 heterocycles. The van der Waals surface area contributed by atoms with Gasteiger partial charge in [-0.25, -0.2) is 9.78 Å². The van der Waals surface area contributed by atoms with Crippen LogP contribution in [-0.4, -0.2) is 46.8 Å². The van der Waals surface area contributed by atoms with Gasteiger partial charge >= 0.3 is 6.03 Å². The zero-order valence-electron chi connectivity index (χ0n) is 12.9. The average Bonchev–Trinajstić information content (AvgIpc) is 3.04. The number of benzene rings is 1. The first-order chi connectivity index (χ1) is 11.2. The van der Waals surface area contributed by atoms with Crippen LogP contribution in [0, 0.1) is 0 Å². The van der Waals surface area contributed by atoms with Crippen molar-refractivity contribution in [3.63, 3.8) is 0 Å². The van der Waals surface area contributed by atoms with E-state index in [0.717, 1.165) is 42.1 Å². The van der Waals surface area contributed by atoms with Crippen LogP contribution in [0.25, 0.3) is 11.3 Å². The molecule has 2 amide bonds. The predicted octanol–water partition coefficient (Wildman–Crippen LogP) is 2.52.